The summed E-state index contributed by atoms with van der Waals surface area (Å²) in [5, 5.41) is 2.49. The van der Waals surface area contributed by atoms with E-state index in [0.717, 1.165) is 27.8 Å². The van der Waals surface area contributed by atoms with Crippen molar-refractivity contribution in [1.29, 1.82) is 0 Å². The van der Waals surface area contributed by atoms with Gasteiger partial charge in [0.15, 0.2) is 22.9 Å². The van der Waals surface area contributed by atoms with Gasteiger partial charge in [-0.05, 0) is 65.4 Å². The van der Waals surface area contributed by atoms with Crippen LogP contribution in [0.4, 0.5) is 0 Å². The lowest BCUT2D eigenvalue weighted by atomic mass is 10.0. The molecule has 2 heterocycles. The summed E-state index contributed by atoms with van der Waals surface area (Å²) in [4.78, 5) is 36.6. The van der Waals surface area contributed by atoms with Gasteiger partial charge in [-0.3, -0.25) is 14.2 Å². The third-order valence-corrected chi connectivity index (χ3v) is 7.22. The fourth-order valence-electron chi connectivity index (χ4n) is 5.07. The van der Waals surface area contributed by atoms with Crippen LogP contribution in [0.25, 0.3) is 45.2 Å². The first-order valence-electron chi connectivity index (χ1n) is 12.1. The number of nitrogens with zero attached hydrogens (tertiary/aromatic N) is 4. The van der Waals surface area contributed by atoms with Crippen LogP contribution in [0.2, 0.25) is 5.02 Å². The van der Waals surface area contributed by atoms with Crippen molar-refractivity contribution in [2.24, 2.45) is 7.05 Å². The lowest BCUT2D eigenvalue weighted by molar-refractivity contribution is 0.0990. The zero-order valence-corrected chi connectivity index (χ0v) is 21.0. The molecule has 0 spiro atoms. The van der Waals surface area contributed by atoms with Crippen LogP contribution >= 0.6 is 11.6 Å². The van der Waals surface area contributed by atoms with E-state index in [-0.39, 0.29) is 17.1 Å². The quantitative estimate of drug-likeness (QED) is 0.195. The molecule has 0 atom stereocenters. The topological polar surface area (TPSA) is 69.8 Å². The zero-order chi connectivity index (χ0) is 26.0. The Morgan fingerprint density at radius 3 is 1.97 bits per heavy atom. The van der Waals surface area contributed by atoms with Crippen LogP contribution < -0.4 is 0 Å². The second-order valence-electron chi connectivity index (χ2n) is 9.25. The Hall–Kier alpha value is -4.81. The average molecular weight is 515 g/mol. The summed E-state index contributed by atoms with van der Waals surface area (Å²) in [6.45, 7) is 0. The largest absolute Gasteiger partial charge is 0.310 e. The van der Waals surface area contributed by atoms with E-state index in [2.05, 4.69) is 0 Å². The van der Waals surface area contributed by atoms with Gasteiger partial charge in [-0.15, -0.1) is 0 Å². The molecular weight excluding hydrogens is 496 g/mol. The second-order valence-corrected chi connectivity index (χ2v) is 9.69. The van der Waals surface area contributed by atoms with Crippen molar-refractivity contribution >= 4 is 51.3 Å². The molecule has 4 aromatic carbocycles. The molecule has 1 aliphatic carbocycles. The Labute approximate surface area is 222 Å². The number of imidazole rings is 2. The summed E-state index contributed by atoms with van der Waals surface area (Å²) in [7, 11) is 1.89. The lowest BCUT2D eigenvalue weighted by Crippen LogP contribution is -2.04. The van der Waals surface area contributed by atoms with Crippen molar-refractivity contribution in [1.82, 2.24) is 19.1 Å². The molecule has 6 nitrogen and oxygen atoms in total. The molecule has 182 valence electrons. The van der Waals surface area contributed by atoms with E-state index in [1.807, 2.05) is 95.0 Å². The monoisotopic (exact) mass is 514 g/mol. The highest BCUT2D eigenvalue weighted by molar-refractivity contribution is 6.42. The van der Waals surface area contributed by atoms with E-state index in [9.17, 15) is 9.59 Å². The summed E-state index contributed by atoms with van der Waals surface area (Å²) < 4.78 is 3.78. The van der Waals surface area contributed by atoms with Gasteiger partial charge >= 0.3 is 0 Å². The van der Waals surface area contributed by atoms with E-state index in [0.29, 0.717) is 33.3 Å². The number of aromatic nitrogens is 4. The number of ketones is 2. The number of hydrogen-bond donors (Lipinski definition) is 0. The molecule has 0 amide bonds. The third-order valence-electron chi connectivity index (χ3n) is 6.96. The molecule has 0 saturated heterocycles. The molecule has 0 fully saturated rings. The molecular formula is C31H19ClN4O2. The number of carbonyl (C=O) groups is 2. The summed E-state index contributed by atoms with van der Waals surface area (Å²) in [5.74, 6) is 0.602. The smallest absolute Gasteiger partial charge is 0.197 e. The van der Waals surface area contributed by atoms with Gasteiger partial charge in [0.25, 0.3) is 0 Å². The number of aryl methyl sites for hydroxylation is 1. The van der Waals surface area contributed by atoms with E-state index < -0.39 is 0 Å². The number of allylic oxidation sites excluding steroid dienone is 1. The van der Waals surface area contributed by atoms with Crippen LogP contribution in [0, 0.1) is 0 Å². The predicted molar refractivity (Wildman–Crippen MR) is 149 cm³/mol. The maximum Gasteiger partial charge on any atom is 0.197 e. The Bertz CT molecular complexity index is 1910. The Morgan fingerprint density at radius 1 is 0.737 bits per heavy atom. The van der Waals surface area contributed by atoms with Gasteiger partial charge in [0.2, 0.25) is 0 Å². The molecule has 0 bridgehead atoms. The Morgan fingerprint density at radius 2 is 1.34 bits per heavy atom. The number of carbonyl (C=O) groups excluding carboxylic acids is 2. The molecule has 6 aromatic rings. The number of halogens is 1. The molecule has 2 aromatic heterocycles. The number of fused-ring (bicyclic) bond motifs is 3. The summed E-state index contributed by atoms with van der Waals surface area (Å²) >= 11 is 6.09. The van der Waals surface area contributed by atoms with Gasteiger partial charge in [-0.1, -0.05) is 54.1 Å². The zero-order valence-electron chi connectivity index (χ0n) is 20.2. The SMILES string of the molecule is Cn1c(-c2ccc(Cl)cc2)nc2c1nc(C=C1C(=O)c3cc4ccccc4cc3C1=O)n2-c1ccccc1. The molecule has 0 aliphatic heterocycles. The first-order chi connectivity index (χ1) is 18.5. The lowest BCUT2D eigenvalue weighted by Gasteiger charge is -2.06. The number of para-hydroxylation sites is 1. The van der Waals surface area contributed by atoms with Crippen molar-refractivity contribution in [3.8, 4) is 17.1 Å². The van der Waals surface area contributed by atoms with Gasteiger partial charge in [0, 0.05) is 34.4 Å². The fraction of sp³-hybridized carbons (Fsp3) is 0.0323. The minimum atomic E-state index is -0.294. The minimum absolute atomic E-state index is 0.0979. The summed E-state index contributed by atoms with van der Waals surface area (Å²) in [5.41, 5.74) is 3.92. The molecule has 1 aliphatic rings. The van der Waals surface area contributed by atoms with Crippen LogP contribution in [0.3, 0.4) is 0 Å². The van der Waals surface area contributed by atoms with E-state index in [1.54, 1.807) is 18.2 Å². The molecule has 0 unspecified atom stereocenters. The Kier molecular flexibility index (Phi) is 4.93. The molecule has 0 N–H and O–H groups in total. The number of Topliss-reactive ketones (excluding diaryl/α,β-unsaturated/α-hetero) is 2. The van der Waals surface area contributed by atoms with Crippen molar-refractivity contribution in [3.05, 3.63) is 119 Å². The van der Waals surface area contributed by atoms with Gasteiger partial charge in [0.1, 0.15) is 11.6 Å². The maximum atomic E-state index is 13.4. The van der Waals surface area contributed by atoms with Gasteiger partial charge < -0.3 is 4.57 Å². The molecule has 0 saturated carbocycles. The average Bonchev–Trinajstić information content (AvgIpc) is 3.53. The minimum Gasteiger partial charge on any atom is -0.310 e. The molecule has 7 heteroatoms. The highest BCUT2D eigenvalue weighted by atomic mass is 35.5. The highest BCUT2D eigenvalue weighted by Crippen LogP contribution is 2.33. The molecule has 0 radical (unpaired) electrons. The van der Waals surface area contributed by atoms with Crippen molar-refractivity contribution in [3.63, 3.8) is 0 Å². The van der Waals surface area contributed by atoms with Crippen LogP contribution in [0.15, 0.2) is 96.6 Å². The van der Waals surface area contributed by atoms with E-state index >= 15 is 0 Å². The third kappa shape index (κ3) is 3.34. The first-order valence-corrected chi connectivity index (χ1v) is 12.5. The van der Waals surface area contributed by atoms with Crippen molar-refractivity contribution in [2.45, 2.75) is 0 Å². The van der Waals surface area contributed by atoms with Crippen molar-refractivity contribution < 1.29 is 9.59 Å². The number of benzene rings is 4. The second kappa shape index (κ2) is 8.36. The number of rotatable bonds is 3. The normalized spacial score (nSPS) is 13.1. The predicted octanol–water partition coefficient (Wildman–Crippen LogP) is 6.70. The van der Waals surface area contributed by atoms with Gasteiger partial charge in [0.05, 0.1) is 5.57 Å². The van der Waals surface area contributed by atoms with E-state index in [4.69, 9.17) is 21.6 Å². The molecule has 7 rings (SSSR count). The van der Waals surface area contributed by atoms with Crippen LogP contribution in [0.1, 0.15) is 26.5 Å². The van der Waals surface area contributed by atoms with E-state index in [1.165, 1.54) is 0 Å². The number of hydrogen-bond acceptors (Lipinski definition) is 4. The summed E-state index contributed by atoms with van der Waals surface area (Å²) in [6.07, 6.45) is 1.59. The maximum absolute atomic E-state index is 13.4. The highest BCUT2D eigenvalue weighted by Gasteiger charge is 2.34. The first kappa shape index (κ1) is 22.4. The fourth-order valence-corrected chi connectivity index (χ4v) is 5.20. The standard InChI is InChI=1S/C31H19ClN4O2/c1-35-29(18-11-13-21(32)14-12-18)34-31-30(35)33-26(36(31)22-9-3-2-4-10-22)17-25-27(37)23-15-19-7-5-6-8-20(19)16-24(23)28(25)38/h2-17H,1H3. The van der Waals surface area contributed by atoms with Crippen LogP contribution in [-0.2, 0) is 7.05 Å². The van der Waals surface area contributed by atoms with Gasteiger partial charge in [-0.25, -0.2) is 9.97 Å². The van der Waals surface area contributed by atoms with Gasteiger partial charge in [-0.2, -0.15) is 0 Å². The van der Waals surface area contributed by atoms with Crippen LogP contribution in [-0.4, -0.2) is 30.7 Å². The van der Waals surface area contributed by atoms with Crippen molar-refractivity contribution in [2.75, 3.05) is 0 Å². The summed E-state index contributed by atoms with van der Waals surface area (Å²) in [6, 6.07) is 28.4. The van der Waals surface area contributed by atoms with Crippen LogP contribution in [0.5, 0.6) is 0 Å². The molecule has 38 heavy (non-hydrogen) atoms. The Balaban J connectivity index is 1.42.